The molecule has 2 heterocycles. The van der Waals surface area contributed by atoms with Gasteiger partial charge in [-0.25, -0.2) is 4.98 Å². The highest BCUT2D eigenvalue weighted by Crippen LogP contribution is 2.29. The fourth-order valence-electron chi connectivity index (χ4n) is 2.09. The van der Waals surface area contributed by atoms with E-state index in [1.54, 1.807) is 11.3 Å². The Morgan fingerprint density at radius 2 is 2.09 bits per heavy atom. The van der Waals surface area contributed by atoms with Crippen molar-refractivity contribution in [2.24, 2.45) is 0 Å². The molecule has 3 rings (SSSR count). The smallest absolute Gasteiger partial charge is 0.225 e. The molecule has 0 fully saturated rings. The predicted octanol–water partition coefficient (Wildman–Crippen LogP) is 4.24. The van der Waals surface area contributed by atoms with E-state index in [0.29, 0.717) is 5.95 Å². The first-order valence-corrected chi connectivity index (χ1v) is 7.89. The van der Waals surface area contributed by atoms with Gasteiger partial charge in [-0.2, -0.15) is 4.98 Å². The molecule has 0 unspecified atom stereocenters. The van der Waals surface area contributed by atoms with E-state index in [0.717, 1.165) is 27.3 Å². The Morgan fingerprint density at radius 1 is 1.23 bits per heavy atom. The Kier molecular flexibility index (Phi) is 3.94. The number of nitrogens with zero attached hydrogens (tertiary/aromatic N) is 2. The molecule has 5 heteroatoms. The molecule has 0 spiro atoms. The summed E-state index contributed by atoms with van der Waals surface area (Å²) in [6, 6.07) is 9.99. The lowest BCUT2D eigenvalue weighted by Crippen LogP contribution is -2.13. The first-order chi connectivity index (χ1) is 10.7. The molecular formula is C17H16N4S. The minimum Gasteiger partial charge on any atom is -0.352 e. The van der Waals surface area contributed by atoms with Gasteiger partial charge in [-0.05, 0) is 43.5 Å². The second-order valence-corrected chi connectivity index (χ2v) is 6.10. The lowest BCUT2D eigenvalue weighted by Gasteiger charge is -2.12. The Labute approximate surface area is 133 Å². The van der Waals surface area contributed by atoms with Crippen LogP contribution in [0.15, 0.2) is 35.7 Å². The minimum absolute atomic E-state index is 0.272. The normalized spacial score (nSPS) is 10.6. The highest BCUT2D eigenvalue weighted by atomic mass is 32.1. The summed E-state index contributed by atoms with van der Waals surface area (Å²) in [5.74, 6) is 4.05. The van der Waals surface area contributed by atoms with Crippen molar-refractivity contribution in [1.82, 2.24) is 9.97 Å². The van der Waals surface area contributed by atoms with E-state index in [2.05, 4.69) is 40.4 Å². The molecule has 2 aromatic heterocycles. The number of hydrogen-bond acceptors (Lipinski definition) is 5. The van der Waals surface area contributed by atoms with Crippen LogP contribution in [0.4, 0.5) is 17.5 Å². The zero-order valence-corrected chi connectivity index (χ0v) is 13.2. The fraction of sp³-hybridized carbons (Fsp3) is 0.176. The van der Waals surface area contributed by atoms with Crippen LogP contribution in [-0.2, 0) is 0 Å². The van der Waals surface area contributed by atoms with Gasteiger partial charge in [0, 0.05) is 17.3 Å². The van der Waals surface area contributed by atoms with Crippen LogP contribution in [0, 0.1) is 12.3 Å². The number of terminal acetylenes is 1. The second-order valence-electron chi connectivity index (χ2n) is 5.18. The van der Waals surface area contributed by atoms with Gasteiger partial charge in [0.2, 0.25) is 5.95 Å². The third-order valence-electron chi connectivity index (χ3n) is 3.01. The lowest BCUT2D eigenvalue weighted by molar-refractivity contribution is 0.878. The molecular weight excluding hydrogens is 292 g/mol. The number of fused-ring (bicyclic) bond motifs is 1. The Morgan fingerprint density at radius 3 is 2.86 bits per heavy atom. The second kappa shape index (κ2) is 6.04. The largest absolute Gasteiger partial charge is 0.352 e. The molecule has 110 valence electrons. The van der Waals surface area contributed by atoms with Crippen LogP contribution in [0.2, 0.25) is 0 Å². The molecule has 0 bridgehead atoms. The number of anilines is 3. The van der Waals surface area contributed by atoms with E-state index in [-0.39, 0.29) is 6.04 Å². The van der Waals surface area contributed by atoms with Gasteiger partial charge in [-0.3, -0.25) is 0 Å². The molecule has 22 heavy (non-hydrogen) atoms. The van der Waals surface area contributed by atoms with Crippen molar-refractivity contribution >= 4 is 39.0 Å². The van der Waals surface area contributed by atoms with Crippen LogP contribution in [-0.4, -0.2) is 16.0 Å². The Hall–Kier alpha value is -2.58. The topological polar surface area (TPSA) is 49.8 Å². The van der Waals surface area contributed by atoms with E-state index >= 15 is 0 Å². The van der Waals surface area contributed by atoms with Gasteiger partial charge >= 0.3 is 0 Å². The summed E-state index contributed by atoms with van der Waals surface area (Å²) in [4.78, 5) is 9.12. The van der Waals surface area contributed by atoms with Gasteiger partial charge in [0.05, 0.1) is 10.2 Å². The number of hydrogen-bond donors (Lipinski definition) is 2. The molecule has 0 aliphatic carbocycles. The quantitative estimate of drug-likeness (QED) is 0.708. The van der Waals surface area contributed by atoms with Gasteiger partial charge < -0.3 is 10.6 Å². The van der Waals surface area contributed by atoms with Gasteiger partial charge in [-0.15, -0.1) is 17.8 Å². The van der Waals surface area contributed by atoms with Crippen LogP contribution in [0.3, 0.4) is 0 Å². The maximum Gasteiger partial charge on any atom is 0.225 e. The molecule has 0 saturated carbocycles. The lowest BCUT2D eigenvalue weighted by atomic mass is 10.2. The van der Waals surface area contributed by atoms with E-state index in [9.17, 15) is 0 Å². The van der Waals surface area contributed by atoms with Crippen molar-refractivity contribution < 1.29 is 0 Å². The zero-order chi connectivity index (χ0) is 15.5. The van der Waals surface area contributed by atoms with Crippen molar-refractivity contribution in [1.29, 1.82) is 0 Å². The van der Waals surface area contributed by atoms with Crippen molar-refractivity contribution in [2.45, 2.75) is 19.9 Å². The molecule has 0 aliphatic heterocycles. The fourth-order valence-corrected chi connectivity index (χ4v) is 2.87. The summed E-state index contributed by atoms with van der Waals surface area (Å²) in [5.41, 5.74) is 2.68. The minimum atomic E-state index is 0.272. The van der Waals surface area contributed by atoms with Crippen molar-refractivity contribution in [2.75, 3.05) is 10.6 Å². The number of nitrogens with one attached hydrogen (secondary N) is 2. The molecule has 2 N–H and O–H groups in total. The van der Waals surface area contributed by atoms with Crippen LogP contribution >= 0.6 is 11.3 Å². The average Bonchev–Trinajstić information content (AvgIpc) is 2.95. The van der Waals surface area contributed by atoms with E-state index < -0.39 is 0 Å². The maximum absolute atomic E-state index is 5.45. The third kappa shape index (κ3) is 3.02. The summed E-state index contributed by atoms with van der Waals surface area (Å²) < 4.78 is 1.03. The van der Waals surface area contributed by atoms with Gasteiger partial charge in [0.15, 0.2) is 5.82 Å². The highest BCUT2D eigenvalue weighted by molar-refractivity contribution is 7.17. The van der Waals surface area contributed by atoms with Crippen molar-refractivity contribution in [3.05, 3.63) is 41.3 Å². The average molecular weight is 308 g/mol. The zero-order valence-electron chi connectivity index (χ0n) is 12.4. The maximum atomic E-state index is 5.45. The summed E-state index contributed by atoms with van der Waals surface area (Å²) in [5, 5.41) is 8.61. The van der Waals surface area contributed by atoms with Gasteiger partial charge in [0.1, 0.15) is 0 Å². The molecule has 3 aromatic rings. The molecule has 0 atom stereocenters. The number of aromatic nitrogens is 2. The number of thiophene rings is 1. The van der Waals surface area contributed by atoms with E-state index in [4.69, 9.17) is 6.42 Å². The van der Waals surface area contributed by atoms with Crippen LogP contribution in [0.25, 0.3) is 10.2 Å². The molecule has 0 saturated heterocycles. The molecule has 4 nitrogen and oxygen atoms in total. The van der Waals surface area contributed by atoms with Gasteiger partial charge in [-0.1, -0.05) is 12.0 Å². The third-order valence-corrected chi connectivity index (χ3v) is 3.92. The van der Waals surface area contributed by atoms with Crippen LogP contribution < -0.4 is 10.6 Å². The summed E-state index contributed by atoms with van der Waals surface area (Å²) in [6.07, 6.45) is 5.45. The SMILES string of the molecule is C#Cc1cccc(Nc2nc(NC(C)C)nc3ccsc23)c1. The van der Waals surface area contributed by atoms with Crippen LogP contribution in [0.5, 0.6) is 0 Å². The molecule has 1 aromatic carbocycles. The van der Waals surface area contributed by atoms with Crippen molar-refractivity contribution in [3.8, 4) is 12.3 Å². The monoisotopic (exact) mass is 308 g/mol. The van der Waals surface area contributed by atoms with E-state index in [1.165, 1.54) is 0 Å². The molecule has 0 aliphatic rings. The molecule has 0 radical (unpaired) electrons. The standard InChI is InChI=1S/C17H16N4S/c1-4-12-6-5-7-13(10-12)19-16-15-14(8-9-22-15)20-17(21-16)18-11(2)3/h1,5-11H,2-3H3,(H2,18,19,20,21). The summed E-state index contributed by atoms with van der Waals surface area (Å²) >= 11 is 1.62. The number of rotatable bonds is 4. The van der Waals surface area contributed by atoms with Crippen LogP contribution in [0.1, 0.15) is 19.4 Å². The van der Waals surface area contributed by atoms with Crippen molar-refractivity contribution in [3.63, 3.8) is 0 Å². The first kappa shape index (κ1) is 14.4. The predicted molar refractivity (Wildman–Crippen MR) is 93.8 cm³/mol. The molecule has 0 amide bonds. The Balaban J connectivity index is 2.01. The van der Waals surface area contributed by atoms with E-state index in [1.807, 2.05) is 35.7 Å². The summed E-state index contributed by atoms with van der Waals surface area (Å²) in [7, 11) is 0. The Bertz CT molecular complexity index is 845. The summed E-state index contributed by atoms with van der Waals surface area (Å²) in [6.45, 7) is 4.12. The first-order valence-electron chi connectivity index (χ1n) is 7.01. The highest BCUT2D eigenvalue weighted by Gasteiger charge is 2.10. The van der Waals surface area contributed by atoms with Gasteiger partial charge in [0.25, 0.3) is 0 Å². The number of benzene rings is 1.